The average Bonchev–Trinajstić information content (AvgIpc) is 3.07. The zero-order valence-electron chi connectivity index (χ0n) is 13.9. The number of benzene rings is 1. The fourth-order valence-electron chi connectivity index (χ4n) is 3.61. The van der Waals surface area contributed by atoms with Gasteiger partial charge in [-0.3, -0.25) is 0 Å². The highest BCUT2D eigenvalue weighted by Crippen LogP contribution is 2.29. The fourth-order valence-corrected chi connectivity index (χ4v) is 4.63. The molecule has 2 fully saturated rings. The second kappa shape index (κ2) is 6.97. The van der Waals surface area contributed by atoms with Crippen molar-refractivity contribution in [3.63, 3.8) is 0 Å². The van der Waals surface area contributed by atoms with Crippen LogP contribution in [0.2, 0.25) is 0 Å². The predicted molar refractivity (Wildman–Crippen MR) is 98.8 cm³/mol. The molecule has 1 aromatic carbocycles. The van der Waals surface area contributed by atoms with Gasteiger partial charge in [0.1, 0.15) is 0 Å². The minimum Gasteiger partial charge on any atom is -0.345 e. The first-order valence-electron chi connectivity index (χ1n) is 8.95. The highest BCUT2D eigenvalue weighted by atomic mass is 32.1. The quantitative estimate of drug-likeness (QED) is 0.907. The molecule has 128 valence electrons. The second-order valence-corrected chi connectivity index (χ2v) is 7.73. The van der Waals surface area contributed by atoms with Crippen molar-refractivity contribution in [3.8, 4) is 0 Å². The SMILES string of the molecule is O=C(NC1CCCCC1)N1CCN(c2nc3ccccc3s2)CC1. The summed E-state index contributed by atoms with van der Waals surface area (Å²) in [5.74, 6) is 0. The molecule has 6 heteroatoms. The summed E-state index contributed by atoms with van der Waals surface area (Å²) >= 11 is 1.74. The average molecular weight is 344 g/mol. The lowest BCUT2D eigenvalue weighted by Gasteiger charge is -2.35. The third-order valence-corrected chi connectivity index (χ3v) is 6.15. The van der Waals surface area contributed by atoms with Gasteiger partial charge >= 0.3 is 6.03 Å². The van der Waals surface area contributed by atoms with Crippen LogP contribution in [0.5, 0.6) is 0 Å². The number of carbonyl (C=O) groups excluding carboxylic acids is 1. The summed E-state index contributed by atoms with van der Waals surface area (Å²) in [4.78, 5) is 21.4. The minimum atomic E-state index is 0.117. The molecule has 1 aliphatic heterocycles. The first-order chi connectivity index (χ1) is 11.8. The van der Waals surface area contributed by atoms with E-state index in [0.29, 0.717) is 6.04 Å². The number of thiazole rings is 1. The standard InChI is InChI=1S/C18H24N4OS/c23-17(19-14-6-2-1-3-7-14)21-10-12-22(13-11-21)18-20-15-8-4-5-9-16(15)24-18/h4-5,8-9,14H,1-3,6-7,10-13H2,(H,19,23). The smallest absolute Gasteiger partial charge is 0.317 e. The van der Waals surface area contributed by atoms with Crippen LogP contribution >= 0.6 is 11.3 Å². The highest BCUT2D eigenvalue weighted by Gasteiger charge is 2.25. The van der Waals surface area contributed by atoms with Gasteiger partial charge in [0.2, 0.25) is 0 Å². The van der Waals surface area contributed by atoms with Crippen molar-refractivity contribution < 1.29 is 4.79 Å². The molecule has 0 unspecified atom stereocenters. The lowest BCUT2D eigenvalue weighted by atomic mass is 9.96. The summed E-state index contributed by atoms with van der Waals surface area (Å²) in [6.45, 7) is 3.26. The van der Waals surface area contributed by atoms with Gasteiger partial charge < -0.3 is 15.1 Å². The molecule has 0 atom stereocenters. The van der Waals surface area contributed by atoms with E-state index in [2.05, 4.69) is 28.4 Å². The molecule has 1 aromatic heterocycles. The van der Waals surface area contributed by atoms with E-state index >= 15 is 0 Å². The third-order valence-electron chi connectivity index (χ3n) is 5.05. The van der Waals surface area contributed by atoms with Gasteiger partial charge in [0.25, 0.3) is 0 Å². The van der Waals surface area contributed by atoms with Crippen LogP contribution in [0.4, 0.5) is 9.93 Å². The molecule has 1 saturated carbocycles. The Bertz CT molecular complexity index is 669. The van der Waals surface area contributed by atoms with Crippen LogP contribution in [0.15, 0.2) is 24.3 Å². The number of aromatic nitrogens is 1. The number of fused-ring (bicyclic) bond motifs is 1. The molecule has 2 heterocycles. The molecular weight excluding hydrogens is 320 g/mol. The number of piperazine rings is 1. The molecule has 0 spiro atoms. The van der Waals surface area contributed by atoms with Crippen molar-refractivity contribution in [1.29, 1.82) is 0 Å². The number of rotatable bonds is 2. The Kier molecular flexibility index (Phi) is 4.56. The van der Waals surface area contributed by atoms with Gasteiger partial charge in [0.05, 0.1) is 10.2 Å². The highest BCUT2D eigenvalue weighted by molar-refractivity contribution is 7.22. The van der Waals surface area contributed by atoms with Crippen molar-refractivity contribution in [2.24, 2.45) is 0 Å². The van der Waals surface area contributed by atoms with Crippen molar-refractivity contribution in [2.45, 2.75) is 38.1 Å². The molecule has 1 saturated heterocycles. The number of nitrogens with zero attached hydrogens (tertiary/aromatic N) is 3. The Morgan fingerprint density at radius 1 is 1.08 bits per heavy atom. The number of nitrogens with one attached hydrogen (secondary N) is 1. The van der Waals surface area contributed by atoms with Gasteiger partial charge in [-0.05, 0) is 25.0 Å². The molecule has 4 rings (SSSR count). The van der Waals surface area contributed by atoms with E-state index in [1.807, 2.05) is 11.0 Å². The zero-order valence-corrected chi connectivity index (χ0v) is 14.7. The van der Waals surface area contributed by atoms with Crippen molar-refractivity contribution in [1.82, 2.24) is 15.2 Å². The minimum absolute atomic E-state index is 0.117. The largest absolute Gasteiger partial charge is 0.345 e. The predicted octanol–water partition coefficient (Wildman–Crippen LogP) is 3.46. The maximum atomic E-state index is 12.4. The summed E-state index contributed by atoms with van der Waals surface area (Å²) < 4.78 is 1.23. The van der Waals surface area contributed by atoms with Gasteiger partial charge in [-0.25, -0.2) is 9.78 Å². The molecule has 24 heavy (non-hydrogen) atoms. The molecule has 2 amide bonds. The molecule has 2 aromatic rings. The molecule has 1 N–H and O–H groups in total. The summed E-state index contributed by atoms with van der Waals surface area (Å²) in [5, 5.41) is 4.29. The van der Waals surface area contributed by atoms with E-state index in [1.165, 1.54) is 24.0 Å². The Labute approximate surface area is 146 Å². The number of hydrogen-bond acceptors (Lipinski definition) is 4. The molecule has 0 radical (unpaired) electrons. The summed E-state index contributed by atoms with van der Waals surface area (Å²) in [7, 11) is 0. The van der Waals surface area contributed by atoms with E-state index in [4.69, 9.17) is 4.98 Å². The van der Waals surface area contributed by atoms with E-state index in [0.717, 1.165) is 49.7 Å². The molecule has 1 aliphatic carbocycles. The number of hydrogen-bond donors (Lipinski definition) is 1. The molecule has 2 aliphatic rings. The van der Waals surface area contributed by atoms with Crippen LogP contribution in [-0.4, -0.2) is 48.1 Å². The third kappa shape index (κ3) is 3.34. The Hall–Kier alpha value is -1.82. The number of para-hydroxylation sites is 1. The lowest BCUT2D eigenvalue weighted by Crippen LogP contribution is -2.53. The number of urea groups is 1. The first-order valence-corrected chi connectivity index (χ1v) is 9.77. The lowest BCUT2D eigenvalue weighted by molar-refractivity contribution is 0.186. The van der Waals surface area contributed by atoms with Crippen LogP contribution < -0.4 is 10.2 Å². The Balaban J connectivity index is 1.33. The van der Waals surface area contributed by atoms with Crippen molar-refractivity contribution >= 4 is 32.7 Å². The van der Waals surface area contributed by atoms with E-state index in [1.54, 1.807) is 11.3 Å². The maximum absolute atomic E-state index is 12.4. The summed E-state index contributed by atoms with van der Waals surface area (Å²) in [6, 6.07) is 8.75. The molecular formula is C18H24N4OS. The van der Waals surface area contributed by atoms with Gasteiger partial charge in [0.15, 0.2) is 5.13 Å². The van der Waals surface area contributed by atoms with E-state index in [9.17, 15) is 4.79 Å². The van der Waals surface area contributed by atoms with Crippen LogP contribution in [0, 0.1) is 0 Å². The van der Waals surface area contributed by atoms with E-state index < -0.39 is 0 Å². The topological polar surface area (TPSA) is 48.5 Å². The Morgan fingerprint density at radius 3 is 2.58 bits per heavy atom. The van der Waals surface area contributed by atoms with Crippen LogP contribution in [-0.2, 0) is 0 Å². The van der Waals surface area contributed by atoms with Gasteiger partial charge in [0, 0.05) is 32.2 Å². The number of anilines is 1. The summed E-state index contributed by atoms with van der Waals surface area (Å²) in [5.41, 5.74) is 1.06. The van der Waals surface area contributed by atoms with Gasteiger partial charge in [-0.15, -0.1) is 0 Å². The first kappa shape index (κ1) is 15.7. The molecule has 5 nitrogen and oxygen atoms in total. The second-order valence-electron chi connectivity index (χ2n) is 6.72. The van der Waals surface area contributed by atoms with Gasteiger partial charge in [-0.1, -0.05) is 42.7 Å². The number of amides is 2. The van der Waals surface area contributed by atoms with Gasteiger partial charge in [-0.2, -0.15) is 0 Å². The van der Waals surface area contributed by atoms with Crippen LogP contribution in [0.3, 0.4) is 0 Å². The normalized spacial score (nSPS) is 19.7. The van der Waals surface area contributed by atoms with Crippen molar-refractivity contribution in [3.05, 3.63) is 24.3 Å². The monoisotopic (exact) mass is 344 g/mol. The Morgan fingerprint density at radius 2 is 1.83 bits per heavy atom. The van der Waals surface area contributed by atoms with E-state index in [-0.39, 0.29) is 6.03 Å². The van der Waals surface area contributed by atoms with Crippen LogP contribution in [0.25, 0.3) is 10.2 Å². The summed E-state index contributed by atoms with van der Waals surface area (Å²) in [6.07, 6.45) is 6.08. The van der Waals surface area contributed by atoms with Crippen molar-refractivity contribution in [2.75, 3.05) is 31.1 Å². The number of carbonyl (C=O) groups is 1. The maximum Gasteiger partial charge on any atom is 0.317 e. The molecule has 0 bridgehead atoms. The van der Waals surface area contributed by atoms with Crippen LogP contribution in [0.1, 0.15) is 32.1 Å². The zero-order chi connectivity index (χ0) is 16.4. The fraction of sp³-hybridized carbons (Fsp3) is 0.556.